The van der Waals surface area contributed by atoms with Gasteiger partial charge >= 0.3 is 17.0 Å². The van der Waals surface area contributed by atoms with Crippen LogP contribution in [0, 0.1) is 20.2 Å². The van der Waals surface area contributed by atoms with Crippen LogP contribution in [0.5, 0.6) is 6.01 Å². The van der Waals surface area contributed by atoms with Crippen molar-refractivity contribution >= 4 is 17.5 Å². The van der Waals surface area contributed by atoms with E-state index in [1.165, 1.54) is 7.11 Å². The van der Waals surface area contributed by atoms with E-state index in [1.807, 2.05) is 7.05 Å². The van der Waals surface area contributed by atoms with Gasteiger partial charge in [0, 0.05) is 26.2 Å². The lowest BCUT2D eigenvalue weighted by atomic mass is 10.3. The molecule has 0 unspecified atom stereocenters. The Morgan fingerprint density at radius 3 is 2.17 bits per heavy atom. The van der Waals surface area contributed by atoms with Gasteiger partial charge in [-0.2, -0.15) is 15.0 Å². The molecule has 1 aliphatic heterocycles. The number of methoxy groups -OCH3 is 1. The third-order valence-electron chi connectivity index (χ3n) is 3.34. The predicted molar refractivity (Wildman–Crippen MR) is 77.6 cm³/mol. The summed E-state index contributed by atoms with van der Waals surface area (Å²) in [7, 11) is 3.18. The van der Waals surface area contributed by atoms with Gasteiger partial charge in [-0.05, 0) is 7.05 Å². The van der Waals surface area contributed by atoms with Crippen molar-refractivity contribution < 1.29 is 14.6 Å². The van der Waals surface area contributed by atoms with Gasteiger partial charge in [-0.15, -0.1) is 0 Å². The zero-order valence-electron chi connectivity index (χ0n) is 12.4. The highest BCUT2D eigenvalue weighted by Crippen LogP contribution is 2.29. The highest BCUT2D eigenvalue weighted by atomic mass is 35.5. The zero-order valence-corrected chi connectivity index (χ0v) is 13.1. The van der Waals surface area contributed by atoms with E-state index in [1.54, 1.807) is 4.90 Å². The van der Waals surface area contributed by atoms with Crippen LogP contribution in [0.2, 0.25) is 0 Å². The number of nitrogens with zero attached hydrogens (tertiary/aromatic N) is 7. The minimum Gasteiger partial charge on any atom is -0.467 e. The summed E-state index contributed by atoms with van der Waals surface area (Å²) in [4.78, 5) is 34.8. The van der Waals surface area contributed by atoms with Crippen molar-refractivity contribution in [1.29, 1.82) is 0 Å². The molecule has 0 atom stereocenters. The van der Waals surface area contributed by atoms with Crippen molar-refractivity contribution in [3.63, 3.8) is 0 Å². The Hall–Kier alpha value is -2.34. The van der Waals surface area contributed by atoms with Crippen LogP contribution >= 0.6 is 11.6 Å². The zero-order chi connectivity index (χ0) is 17.2. The van der Waals surface area contributed by atoms with Crippen LogP contribution in [-0.2, 0) is 5.12 Å². The van der Waals surface area contributed by atoms with Crippen LogP contribution in [0.1, 0.15) is 5.82 Å². The molecule has 0 aliphatic carbocycles. The Morgan fingerprint density at radius 2 is 1.70 bits per heavy atom. The number of hydrogen-bond donors (Lipinski definition) is 0. The molecule has 2 heterocycles. The number of ether oxygens (including phenoxy) is 1. The molecule has 0 bridgehead atoms. The van der Waals surface area contributed by atoms with Gasteiger partial charge in [0.25, 0.3) is 0 Å². The fourth-order valence-electron chi connectivity index (χ4n) is 1.96. The maximum absolute atomic E-state index is 11.1. The summed E-state index contributed by atoms with van der Waals surface area (Å²) in [6, 6.07) is -0.280. The molecule has 0 aromatic carbocycles. The summed E-state index contributed by atoms with van der Waals surface area (Å²) < 4.78 is 4.86. The predicted octanol–water partition coefficient (Wildman–Crippen LogP) is -0.465. The molecule has 2 rings (SSSR count). The van der Waals surface area contributed by atoms with E-state index < -0.39 is 20.8 Å². The lowest BCUT2D eigenvalue weighted by Crippen LogP contribution is -2.46. The van der Waals surface area contributed by atoms with Gasteiger partial charge in [-0.1, -0.05) is 0 Å². The van der Waals surface area contributed by atoms with Gasteiger partial charge in [-0.25, -0.2) is 0 Å². The van der Waals surface area contributed by atoms with E-state index in [0.29, 0.717) is 13.1 Å². The van der Waals surface area contributed by atoms with Crippen molar-refractivity contribution in [3.8, 4) is 6.01 Å². The molecule has 126 valence electrons. The van der Waals surface area contributed by atoms with Gasteiger partial charge < -0.3 is 14.5 Å². The van der Waals surface area contributed by atoms with Gasteiger partial charge in [0.15, 0.2) is 0 Å². The first-order valence-electron chi connectivity index (χ1n) is 6.51. The third-order valence-corrected chi connectivity index (χ3v) is 3.79. The summed E-state index contributed by atoms with van der Waals surface area (Å²) in [5.41, 5.74) is 0. The maximum atomic E-state index is 11.1. The SMILES string of the molecule is COc1nc(N2CCN(C)CC2)nc(C(Cl)([N+](=O)[O-])[N+](=O)[O-])n1. The lowest BCUT2D eigenvalue weighted by Gasteiger charge is -2.32. The number of aromatic nitrogens is 3. The first kappa shape index (κ1) is 17.0. The summed E-state index contributed by atoms with van der Waals surface area (Å²) in [5, 5.41) is 18.9. The summed E-state index contributed by atoms with van der Waals surface area (Å²) >= 11 is 5.56. The molecule has 1 aliphatic rings. The number of hydrogen-bond acceptors (Lipinski definition) is 10. The molecule has 1 fully saturated rings. The van der Waals surface area contributed by atoms with Gasteiger partial charge in [-0.3, -0.25) is 20.2 Å². The first-order valence-corrected chi connectivity index (χ1v) is 6.88. The summed E-state index contributed by atoms with van der Waals surface area (Å²) in [5.74, 6) is -0.747. The van der Waals surface area contributed by atoms with E-state index in [4.69, 9.17) is 16.3 Å². The summed E-state index contributed by atoms with van der Waals surface area (Å²) in [6.45, 7) is 2.55. The fraction of sp³-hybridized carbons (Fsp3) is 0.700. The normalized spacial score (nSPS) is 16.2. The largest absolute Gasteiger partial charge is 0.598 e. The smallest absolute Gasteiger partial charge is 0.467 e. The second-order valence-electron chi connectivity index (χ2n) is 4.84. The van der Waals surface area contributed by atoms with Crippen LogP contribution in [0.4, 0.5) is 5.95 Å². The Kier molecular flexibility index (Phi) is 4.75. The van der Waals surface area contributed by atoms with E-state index in [9.17, 15) is 20.2 Å². The van der Waals surface area contributed by atoms with Gasteiger partial charge in [0.1, 0.15) is 9.85 Å². The minimum absolute atomic E-state index is 0.0497. The average Bonchev–Trinajstić information content (AvgIpc) is 2.53. The quantitative estimate of drug-likeness (QED) is 0.225. The monoisotopic (exact) mass is 347 g/mol. The molecular weight excluding hydrogens is 334 g/mol. The minimum atomic E-state index is -3.20. The highest BCUT2D eigenvalue weighted by molar-refractivity contribution is 6.21. The molecule has 23 heavy (non-hydrogen) atoms. The molecular formula is C10H14ClN7O5. The first-order chi connectivity index (χ1) is 10.8. The fourth-order valence-corrected chi connectivity index (χ4v) is 2.04. The van der Waals surface area contributed by atoms with Crippen LogP contribution < -0.4 is 9.64 Å². The summed E-state index contributed by atoms with van der Waals surface area (Å²) in [6.07, 6.45) is 0. The number of rotatable bonds is 5. The molecule has 1 saturated heterocycles. The second-order valence-corrected chi connectivity index (χ2v) is 5.36. The van der Waals surface area contributed by atoms with E-state index >= 15 is 0 Å². The van der Waals surface area contributed by atoms with Crippen molar-refractivity contribution in [3.05, 3.63) is 26.1 Å². The van der Waals surface area contributed by atoms with E-state index in [-0.39, 0.29) is 12.0 Å². The number of piperazine rings is 1. The Bertz CT molecular complexity index is 608. The Labute approximate surface area is 135 Å². The molecule has 0 spiro atoms. The lowest BCUT2D eigenvalue weighted by molar-refractivity contribution is -0.780. The van der Waals surface area contributed by atoms with Crippen LogP contribution in [0.3, 0.4) is 0 Å². The van der Waals surface area contributed by atoms with Gasteiger partial charge in [0.2, 0.25) is 5.95 Å². The third kappa shape index (κ3) is 3.22. The molecule has 0 radical (unpaired) electrons. The highest BCUT2D eigenvalue weighted by Gasteiger charge is 2.61. The number of halogens is 1. The van der Waals surface area contributed by atoms with Crippen molar-refractivity contribution in [2.75, 3.05) is 45.2 Å². The van der Waals surface area contributed by atoms with Crippen LogP contribution in [0.15, 0.2) is 0 Å². The molecule has 0 N–H and O–H groups in total. The van der Waals surface area contributed by atoms with Gasteiger partial charge in [0.05, 0.1) is 18.7 Å². The van der Waals surface area contributed by atoms with Crippen molar-refractivity contribution in [1.82, 2.24) is 19.9 Å². The number of alkyl halides is 1. The molecule has 13 heteroatoms. The number of nitro groups is 2. The van der Waals surface area contributed by atoms with Crippen molar-refractivity contribution in [2.45, 2.75) is 5.12 Å². The molecule has 1 aromatic heterocycles. The van der Waals surface area contributed by atoms with E-state index in [2.05, 4.69) is 19.9 Å². The topological polar surface area (TPSA) is 141 Å². The molecule has 0 amide bonds. The average molecular weight is 348 g/mol. The molecule has 1 aromatic rings. The number of anilines is 1. The van der Waals surface area contributed by atoms with Crippen molar-refractivity contribution in [2.24, 2.45) is 0 Å². The second kappa shape index (κ2) is 6.42. The number of likely N-dealkylation sites (N-methyl/N-ethyl adjacent to an activating group) is 1. The van der Waals surface area contributed by atoms with Crippen LogP contribution in [0.25, 0.3) is 0 Å². The van der Waals surface area contributed by atoms with Crippen LogP contribution in [-0.4, -0.2) is 70.0 Å². The van der Waals surface area contributed by atoms with E-state index in [0.717, 1.165) is 13.1 Å². The standard InChI is InChI=1S/C10H14ClN7O5/c1-15-3-5-16(6-4-15)8-12-7(13-9(14-8)23-2)10(11,17(19)20)18(21)22/h3-6H2,1-2H3. The molecule has 0 saturated carbocycles. The Balaban J connectivity index is 2.47. The Morgan fingerprint density at radius 1 is 1.13 bits per heavy atom. The molecule has 12 nitrogen and oxygen atoms in total. The maximum Gasteiger partial charge on any atom is 0.598 e.